The van der Waals surface area contributed by atoms with E-state index >= 15 is 0 Å². The second-order valence-corrected chi connectivity index (χ2v) is 8.30. The van der Waals surface area contributed by atoms with Crippen molar-refractivity contribution in [3.05, 3.63) is 35.4 Å². The number of rotatable bonds is 6. The zero-order valence-electron chi connectivity index (χ0n) is 18.6. The summed E-state index contributed by atoms with van der Waals surface area (Å²) in [7, 11) is 2.44. The third kappa shape index (κ3) is 6.70. The first kappa shape index (κ1) is 24.2. The molecule has 0 radical (unpaired) electrons. The number of benzene rings is 1. The van der Waals surface area contributed by atoms with Gasteiger partial charge in [0.2, 0.25) is 5.91 Å². The van der Waals surface area contributed by atoms with Crippen LogP contribution in [0.4, 0.5) is 4.79 Å². The Morgan fingerprint density at radius 1 is 1.10 bits per heavy atom. The molecule has 0 saturated heterocycles. The number of hydrogen-bond acceptors (Lipinski definition) is 7. The SMILES string of the molecule is COC(=O)CC[C@H](NC(=O)[C@@H]1Cc2ccccc2CN1C(=O)OC(C)(C)C)C(=O)OC. The van der Waals surface area contributed by atoms with E-state index in [2.05, 4.69) is 10.1 Å². The van der Waals surface area contributed by atoms with E-state index in [0.717, 1.165) is 11.1 Å². The Morgan fingerprint density at radius 2 is 1.74 bits per heavy atom. The van der Waals surface area contributed by atoms with Crippen molar-refractivity contribution in [1.29, 1.82) is 0 Å². The van der Waals surface area contributed by atoms with Crippen LogP contribution in [-0.4, -0.2) is 60.7 Å². The highest BCUT2D eigenvalue weighted by Gasteiger charge is 2.38. The number of nitrogens with zero attached hydrogens (tertiary/aromatic N) is 1. The van der Waals surface area contributed by atoms with Gasteiger partial charge in [-0.15, -0.1) is 0 Å². The first-order chi connectivity index (χ1) is 14.6. The fraction of sp³-hybridized carbons (Fsp3) is 0.545. The summed E-state index contributed by atoms with van der Waals surface area (Å²) in [6, 6.07) is 5.60. The number of methoxy groups -OCH3 is 2. The van der Waals surface area contributed by atoms with Gasteiger partial charge in [-0.2, -0.15) is 0 Å². The summed E-state index contributed by atoms with van der Waals surface area (Å²) < 4.78 is 14.8. The van der Waals surface area contributed by atoms with Gasteiger partial charge in [0.15, 0.2) is 0 Å². The lowest BCUT2D eigenvalue weighted by molar-refractivity contribution is -0.147. The number of hydrogen-bond donors (Lipinski definition) is 1. The zero-order chi connectivity index (χ0) is 23.2. The van der Waals surface area contributed by atoms with Gasteiger partial charge in [-0.25, -0.2) is 9.59 Å². The summed E-state index contributed by atoms with van der Waals surface area (Å²) >= 11 is 0. The zero-order valence-corrected chi connectivity index (χ0v) is 18.6. The van der Waals surface area contributed by atoms with Crippen molar-refractivity contribution < 1.29 is 33.4 Å². The Hall–Kier alpha value is -3.10. The van der Waals surface area contributed by atoms with Crippen molar-refractivity contribution in [3.63, 3.8) is 0 Å². The number of esters is 2. The van der Waals surface area contributed by atoms with E-state index in [0.29, 0.717) is 0 Å². The van der Waals surface area contributed by atoms with Gasteiger partial charge < -0.3 is 19.5 Å². The molecular formula is C22H30N2O7. The number of carbonyl (C=O) groups excluding carboxylic acids is 4. The molecule has 0 aliphatic carbocycles. The Kier molecular flexibility index (Phi) is 8.01. The van der Waals surface area contributed by atoms with Crippen LogP contribution in [0, 0.1) is 0 Å². The van der Waals surface area contributed by atoms with E-state index < -0.39 is 41.6 Å². The van der Waals surface area contributed by atoms with Crippen LogP contribution >= 0.6 is 0 Å². The molecule has 170 valence electrons. The van der Waals surface area contributed by atoms with Crippen LogP contribution in [0.1, 0.15) is 44.7 Å². The molecule has 0 aromatic heterocycles. The fourth-order valence-corrected chi connectivity index (χ4v) is 3.29. The van der Waals surface area contributed by atoms with Gasteiger partial charge in [-0.1, -0.05) is 24.3 Å². The van der Waals surface area contributed by atoms with Crippen molar-refractivity contribution in [1.82, 2.24) is 10.2 Å². The predicted molar refractivity (Wildman–Crippen MR) is 111 cm³/mol. The molecular weight excluding hydrogens is 404 g/mol. The molecule has 0 spiro atoms. The third-order valence-corrected chi connectivity index (χ3v) is 4.85. The Labute approximate surface area is 182 Å². The van der Waals surface area contributed by atoms with E-state index in [1.54, 1.807) is 20.8 Å². The summed E-state index contributed by atoms with van der Waals surface area (Å²) in [5, 5.41) is 2.62. The van der Waals surface area contributed by atoms with Gasteiger partial charge in [0.05, 0.1) is 20.8 Å². The normalized spacial score (nSPS) is 16.5. The molecule has 0 unspecified atom stereocenters. The number of amides is 2. The van der Waals surface area contributed by atoms with Gasteiger partial charge in [0.1, 0.15) is 17.7 Å². The molecule has 2 amide bonds. The van der Waals surface area contributed by atoms with Crippen LogP contribution in [0.2, 0.25) is 0 Å². The highest BCUT2D eigenvalue weighted by molar-refractivity contribution is 5.90. The van der Waals surface area contributed by atoms with E-state index in [4.69, 9.17) is 9.47 Å². The minimum atomic E-state index is -1.05. The van der Waals surface area contributed by atoms with Gasteiger partial charge in [-0.05, 0) is 38.3 Å². The molecule has 0 bridgehead atoms. The minimum absolute atomic E-state index is 0.0147. The molecule has 0 fully saturated rings. The highest BCUT2D eigenvalue weighted by Crippen LogP contribution is 2.25. The first-order valence-electron chi connectivity index (χ1n) is 10.1. The number of carbonyl (C=O) groups is 4. The molecule has 1 aliphatic rings. The summed E-state index contributed by atoms with van der Waals surface area (Å²) in [5.41, 5.74) is 1.13. The van der Waals surface area contributed by atoms with E-state index in [1.165, 1.54) is 19.1 Å². The predicted octanol–water partition coefficient (Wildman–Crippen LogP) is 1.96. The van der Waals surface area contributed by atoms with E-state index in [1.807, 2.05) is 24.3 Å². The second kappa shape index (κ2) is 10.3. The van der Waals surface area contributed by atoms with E-state index in [-0.39, 0.29) is 25.8 Å². The fourth-order valence-electron chi connectivity index (χ4n) is 3.29. The van der Waals surface area contributed by atoms with Gasteiger partial charge in [-0.3, -0.25) is 14.5 Å². The summed E-state index contributed by atoms with van der Waals surface area (Å²) in [4.78, 5) is 51.0. The van der Waals surface area contributed by atoms with Crippen LogP contribution in [0.15, 0.2) is 24.3 Å². The molecule has 2 rings (SSSR count). The molecule has 1 aliphatic heterocycles. The summed E-state index contributed by atoms with van der Waals surface area (Å²) in [6.45, 7) is 5.45. The molecule has 1 N–H and O–H groups in total. The molecule has 9 heteroatoms. The van der Waals surface area contributed by atoms with Crippen molar-refractivity contribution in [2.75, 3.05) is 14.2 Å². The Balaban J connectivity index is 2.24. The lowest BCUT2D eigenvalue weighted by Gasteiger charge is -2.37. The molecule has 1 heterocycles. The average molecular weight is 434 g/mol. The Bertz CT molecular complexity index is 831. The molecule has 1 aromatic rings. The lowest BCUT2D eigenvalue weighted by atomic mass is 9.93. The molecule has 9 nitrogen and oxygen atoms in total. The first-order valence-corrected chi connectivity index (χ1v) is 10.1. The van der Waals surface area contributed by atoms with Crippen molar-refractivity contribution >= 4 is 23.9 Å². The molecule has 1 aromatic carbocycles. The van der Waals surface area contributed by atoms with Crippen LogP contribution in [-0.2, 0) is 41.6 Å². The van der Waals surface area contributed by atoms with E-state index in [9.17, 15) is 19.2 Å². The second-order valence-electron chi connectivity index (χ2n) is 8.30. The van der Waals surface area contributed by atoms with Gasteiger partial charge >= 0.3 is 18.0 Å². The maximum Gasteiger partial charge on any atom is 0.411 e. The number of fused-ring (bicyclic) bond motifs is 1. The molecule has 2 atom stereocenters. The molecule has 0 saturated carbocycles. The number of ether oxygens (including phenoxy) is 3. The lowest BCUT2D eigenvalue weighted by Crippen LogP contribution is -2.56. The van der Waals surface area contributed by atoms with Crippen LogP contribution < -0.4 is 5.32 Å². The topological polar surface area (TPSA) is 111 Å². The minimum Gasteiger partial charge on any atom is -0.469 e. The van der Waals surface area contributed by atoms with Crippen molar-refractivity contribution in [2.24, 2.45) is 0 Å². The Morgan fingerprint density at radius 3 is 2.32 bits per heavy atom. The maximum absolute atomic E-state index is 13.1. The monoisotopic (exact) mass is 434 g/mol. The smallest absolute Gasteiger partial charge is 0.411 e. The van der Waals surface area contributed by atoms with Crippen molar-refractivity contribution in [2.45, 2.75) is 64.3 Å². The van der Waals surface area contributed by atoms with Crippen LogP contribution in [0.5, 0.6) is 0 Å². The average Bonchev–Trinajstić information content (AvgIpc) is 2.73. The third-order valence-electron chi connectivity index (χ3n) is 4.85. The number of nitrogens with one attached hydrogen (secondary N) is 1. The van der Waals surface area contributed by atoms with Crippen molar-refractivity contribution in [3.8, 4) is 0 Å². The standard InChI is InChI=1S/C22H30N2O7/c1-22(2,3)31-21(28)24-13-15-9-7-6-8-14(15)12-17(24)19(26)23-16(20(27)30-5)10-11-18(25)29-4/h6-9,16-17H,10-13H2,1-5H3,(H,23,26)/t16-,17-/m0/s1. The summed E-state index contributed by atoms with van der Waals surface area (Å²) in [6.07, 6.45) is -0.404. The van der Waals surface area contributed by atoms with Crippen LogP contribution in [0.3, 0.4) is 0 Å². The molecule has 31 heavy (non-hydrogen) atoms. The quantitative estimate of drug-likeness (QED) is 0.538. The maximum atomic E-state index is 13.1. The highest BCUT2D eigenvalue weighted by atomic mass is 16.6. The largest absolute Gasteiger partial charge is 0.469 e. The van der Waals surface area contributed by atoms with Gasteiger partial charge in [0.25, 0.3) is 0 Å². The van der Waals surface area contributed by atoms with Crippen LogP contribution in [0.25, 0.3) is 0 Å². The van der Waals surface area contributed by atoms with Gasteiger partial charge in [0, 0.05) is 12.8 Å². The summed E-state index contributed by atoms with van der Waals surface area (Å²) in [5.74, 6) is -1.72.